The fourth-order valence-corrected chi connectivity index (χ4v) is 4.88. The van der Waals surface area contributed by atoms with Gasteiger partial charge in [0.2, 0.25) is 0 Å². The summed E-state index contributed by atoms with van der Waals surface area (Å²) >= 11 is 1.88. The third-order valence-corrected chi connectivity index (χ3v) is 7.02. The average Bonchev–Trinajstić information content (AvgIpc) is 3.02. The first kappa shape index (κ1) is 23.5. The number of hydrogen-bond donors (Lipinski definition) is 2. The van der Waals surface area contributed by atoms with E-state index in [0.717, 1.165) is 18.9 Å². The van der Waals surface area contributed by atoms with E-state index in [2.05, 4.69) is 21.9 Å². The van der Waals surface area contributed by atoms with Gasteiger partial charge in [0.15, 0.2) is 15.8 Å². The molecule has 2 unspecified atom stereocenters. The first-order chi connectivity index (χ1) is 12.0. The molecule has 148 valence electrons. The highest BCUT2D eigenvalue weighted by Crippen LogP contribution is 2.28. The molecular weight excluding hydrogens is 488 g/mol. The number of hydrogen-bond acceptors (Lipinski definition) is 4. The molecule has 1 aliphatic carbocycles. The summed E-state index contributed by atoms with van der Waals surface area (Å²) in [6, 6.07) is 5.80. The minimum absolute atomic E-state index is 0. The SMILES string of the molecule is CCNC(=NCCS(=O)(=O)c1ccccc1F)NC1CCC(SC)C1.I. The van der Waals surface area contributed by atoms with Crippen molar-refractivity contribution in [2.24, 2.45) is 4.99 Å². The lowest BCUT2D eigenvalue weighted by molar-refractivity contribution is 0.567. The Labute approximate surface area is 176 Å². The predicted octanol–water partition coefficient (Wildman–Crippen LogP) is 3.06. The lowest BCUT2D eigenvalue weighted by Crippen LogP contribution is -2.42. The van der Waals surface area contributed by atoms with Gasteiger partial charge in [0.1, 0.15) is 10.7 Å². The van der Waals surface area contributed by atoms with Crippen molar-refractivity contribution in [1.29, 1.82) is 0 Å². The molecule has 2 N–H and O–H groups in total. The Morgan fingerprint density at radius 2 is 2.08 bits per heavy atom. The van der Waals surface area contributed by atoms with E-state index >= 15 is 0 Å². The van der Waals surface area contributed by atoms with Crippen LogP contribution in [0.1, 0.15) is 26.2 Å². The van der Waals surface area contributed by atoms with Gasteiger partial charge in [-0.1, -0.05) is 12.1 Å². The van der Waals surface area contributed by atoms with Gasteiger partial charge < -0.3 is 10.6 Å². The maximum Gasteiger partial charge on any atom is 0.191 e. The molecule has 0 radical (unpaired) electrons. The van der Waals surface area contributed by atoms with E-state index in [-0.39, 0.29) is 41.2 Å². The second kappa shape index (κ2) is 11.3. The van der Waals surface area contributed by atoms with E-state index in [4.69, 9.17) is 0 Å². The average molecular weight is 515 g/mol. The summed E-state index contributed by atoms with van der Waals surface area (Å²) in [5, 5.41) is 7.19. The summed E-state index contributed by atoms with van der Waals surface area (Å²) in [5.41, 5.74) is 0. The number of sulfone groups is 1. The summed E-state index contributed by atoms with van der Waals surface area (Å²) in [4.78, 5) is 4.09. The molecule has 0 aromatic heterocycles. The zero-order valence-corrected chi connectivity index (χ0v) is 19.0. The van der Waals surface area contributed by atoms with Crippen LogP contribution < -0.4 is 10.6 Å². The molecule has 2 atom stereocenters. The molecule has 1 saturated carbocycles. The smallest absolute Gasteiger partial charge is 0.191 e. The predicted molar refractivity (Wildman–Crippen MR) is 118 cm³/mol. The van der Waals surface area contributed by atoms with Crippen molar-refractivity contribution in [3.8, 4) is 0 Å². The molecule has 0 saturated heterocycles. The number of aliphatic imine (C=N–C) groups is 1. The first-order valence-electron chi connectivity index (χ1n) is 8.51. The summed E-state index contributed by atoms with van der Waals surface area (Å²) in [6.45, 7) is 2.75. The van der Waals surface area contributed by atoms with Crippen molar-refractivity contribution >= 4 is 51.5 Å². The molecule has 26 heavy (non-hydrogen) atoms. The van der Waals surface area contributed by atoms with Crippen LogP contribution in [0.15, 0.2) is 34.2 Å². The molecule has 0 heterocycles. The quantitative estimate of drug-likeness (QED) is 0.332. The molecule has 1 fully saturated rings. The number of rotatable bonds is 7. The van der Waals surface area contributed by atoms with E-state index in [1.807, 2.05) is 18.7 Å². The van der Waals surface area contributed by atoms with Gasteiger partial charge in [-0.25, -0.2) is 12.8 Å². The molecule has 0 spiro atoms. The normalized spacial score (nSPS) is 20.5. The molecule has 0 amide bonds. The largest absolute Gasteiger partial charge is 0.357 e. The van der Waals surface area contributed by atoms with Crippen LogP contribution in [0.3, 0.4) is 0 Å². The van der Waals surface area contributed by atoms with E-state index in [1.54, 1.807) is 0 Å². The minimum Gasteiger partial charge on any atom is -0.357 e. The van der Waals surface area contributed by atoms with Gasteiger partial charge in [-0.3, -0.25) is 4.99 Å². The molecule has 1 aromatic rings. The molecule has 9 heteroatoms. The molecule has 1 aromatic carbocycles. The van der Waals surface area contributed by atoms with Crippen LogP contribution in [-0.4, -0.2) is 50.8 Å². The van der Waals surface area contributed by atoms with Crippen LogP contribution in [0.2, 0.25) is 0 Å². The minimum atomic E-state index is -3.68. The van der Waals surface area contributed by atoms with Gasteiger partial charge in [-0.2, -0.15) is 11.8 Å². The second-order valence-corrected chi connectivity index (χ2v) is 9.24. The molecule has 0 aliphatic heterocycles. The van der Waals surface area contributed by atoms with Crippen LogP contribution in [0.4, 0.5) is 4.39 Å². The zero-order valence-electron chi connectivity index (χ0n) is 15.1. The van der Waals surface area contributed by atoms with Crippen molar-refractivity contribution < 1.29 is 12.8 Å². The Balaban J connectivity index is 0.00000338. The molecule has 1 aliphatic rings. The Morgan fingerprint density at radius 1 is 1.35 bits per heavy atom. The van der Waals surface area contributed by atoms with Gasteiger partial charge in [-0.15, -0.1) is 24.0 Å². The maximum atomic E-state index is 13.7. The first-order valence-corrected chi connectivity index (χ1v) is 11.4. The fraction of sp³-hybridized carbons (Fsp3) is 0.588. The van der Waals surface area contributed by atoms with Crippen molar-refractivity contribution in [2.75, 3.05) is 25.1 Å². The Hall–Kier alpha value is -0.550. The standard InChI is InChI=1S/C17H26FN3O2S2.HI/c1-3-19-17(21-13-8-9-14(12-13)24-2)20-10-11-25(22,23)16-7-5-4-6-15(16)18;/h4-7,13-14H,3,8-12H2,1-2H3,(H2,19,20,21);1H. The van der Waals surface area contributed by atoms with E-state index in [1.165, 1.54) is 24.6 Å². The van der Waals surface area contributed by atoms with E-state index < -0.39 is 15.7 Å². The Morgan fingerprint density at radius 3 is 2.69 bits per heavy atom. The van der Waals surface area contributed by atoms with Crippen molar-refractivity contribution in [2.45, 2.75) is 42.4 Å². The summed E-state index contributed by atoms with van der Waals surface area (Å²) in [6.07, 6.45) is 5.47. The second-order valence-electron chi connectivity index (χ2n) is 6.02. The van der Waals surface area contributed by atoms with Crippen LogP contribution in [-0.2, 0) is 9.84 Å². The third-order valence-electron chi connectivity index (χ3n) is 4.20. The number of halogens is 2. The van der Waals surface area contributed by atoms with Gasteiger partial charge >= 0.3 is 0 Å². The van der Waals surface area contributed by atoms with Gasteiger partial charge in [0.25, 0.3) is 0 Å². The Bertz CT molecular complexity index is 701. The molecule has 0 bridgehead atoms. The molecule has 2 rings (SSSR count). The number of nitrogens with zero attached hydrogens (tertiary/aromatic N) is 1. The van der Waals surface area contributed by atoms with Gasteiger partial charge in [0, 0.05) is 17.8 Å². The highest BCUT2D eigenvalue weighted by Gasteiger charge is 2.24. The highest BCUT2D eigenvalue weighted by atomic mass is 127. The number of benzene rings is 1. The van der Waals surface area contributed by atoms with Crippen LogP contribution in [0.25, 0.3) is 0 Å². The van der Waals surface area contributed by atoms with Crippen LogP contribution in [0, 0.1) is 5.82 Å². The number of nitrogens with one attached hydrogen (secondary N) is 2. The summed E-state index contributed by atoms with van der Waals surface area (Å²) in [5.74, 6) is -0.314. The van der Waals surface area contributed by atoms with E-state index in [0.29, 0.717) is 23.8 Å². The van der Waals surface area contributed by atoms with Crippen molar-refractivity contribution in [1.82, 2.24) is 10.6 Å². The highest BCUT2D eigenvalue weighted by molar-refractivity contribution is 14.0. The molecule has 5 nitrogen and oxygen atoms in total. The number of guanidine groups is 1. The molecular formula is C17H27FIN3O2S2. The zero-order chi connectivity index (χ0) is 18.3. The third kappa shape index (κ3) is 6.88. The lowest BCUT2D eigenvalue weighted by Gasteiger charge is -2.17. The summed E-state index contributed by atoms with van der Waals surface area (Å²) in [7, 11) is -3.68. The summed E-state index contributed by atoms with van der Waals surface area (Å²) < 4.78 is 38.2. The maximum absolute atomic E-state index is 13.7. The topological polar surface area (TPSA) is 70.6 Å². The van der Waals surface area contributed by atoms with Gasteiger partial charge in [-0.05, 0) is 44.6 Å². The van der Waals surface area contributed by atoms with E-state index in [9.17, 15) is 12.8 Å². The van der Waals surface area contributed by atoms with Crippen LogP contribution >= 0.6 is 35.7 Å². The monoisotopic (exact) mass is 515 g/mol. The fourth-order valence-electron chi connectivity index (χ4n) is 2.88. The van der Waals surface area contributed by atoms with Crippen LogP contribution in [0.5, 0.6) is 0 Å². The Kier molecular flexibility index (Phi) is 10.2. The lowest BCUT2D eigenvalue weighted by atomic mass is 10.2. The van der Waals surface area contributed by atoms with Crippen molar-refractivity contribution in [3.63, 3.8) is 0 Å². The van der Waals surface area contributed by atoms with Crippen molar-refractivity contribution in [3.05, 3.63) is 30.1 Å². The number of thioether (sulfide) groups is 1. The van der Waals surface area contributed by atoms with Gasteiger partial charge in [0.05, 0.1) is 12.3 Å².